The predicted octanol–water partition coefficient (Wildman–Crippen LogP) is 5.43. The van der Waals surface area contributed by atoms with Crippen LogP contribution in [0.2, 0.25) is 0 Å². The van der Waals surface area contributed by atoms with Crippen molar-refractivity contribution in [3.05, 3.63) is 66.1 Å². The minimum atomic E-state index is -0.243. The standard InChI is InChI=1S/C14H18FNO.C10H12N2S/c15-13-8-6-11(7-9-13)10-16-14(17)12-4-2-1-3-5-12;1-11-13-9-3-4-10-8(7-9)5-6-12(10)2/h6-9,12H,1-5,10H2,(H,16,17);3-7,11H,1-2H3. The molecule has 6 heteroatoms. The van der Waals surface area contributed by atoms with Gasteiger partial charge in [0.15, 0.2) is 0 Å². The Kier molecular flexibility index (Phi) is 8.34. The SMILES string of the molecule is CNSc1ccc2c(ccn2C)c1.O=C(NCc1ccc(F)cc1)C1CCCCC1. The monoisotopic (exact) mass is 427 g/mol. The zero-order chi connectivity index (χ0) is 21.3. The van der Waals surface area contributed by atoms with Crippen LogP contribution in [0.3, 0.4) is 0 Å². The first kappa shape index (κ1) is 22.4. The van der Waals surface area contributed by atoms with Gasteiger partial charge in [-0.3, -0.25) is 9.52 Å². The van der Waals surface area contributed by atoms with Gasteiger partial charge in [-0.15, -0.1) is 0 Å². The number of aromatic nitrogens is 1. The highest BCUT2D eigenvalue weighted by Crippen LogP contribution is 2.24. The fourth-order valence-electron chi connectivity index (χ4n) is 3.74. The smallest absolute Gasteiger partial charge is 0.223 e. The average Bonchev–Trinajstić information content (AvgIpc) is 3.14. The van der Waals surface area contributed by atoms with E-state index in [1.807, 2.05) is 7.05 Å². The van der Waals surface area contributed by atoms with E-state index in [0.717, 1.165) is 31.2 Å². The number of nitrogens with zero attached hydrogens (tertiary/aromatic N) is 1. The molecule has 4 nitrogen and oxygen atoms in total. The van der Waals surface area contributed by atoms with Gasteiger partial charge >= 0.3 is 0 Å². The molecule has 0 radical (unpaired) electrons. The van der Waals surface area contributed by atoms with Crippen molar-refractivity contribution in [2.75, 3.05) is 7.05 Å². The van der Waals surface area contributed by atoms with Crippen LogP contribution in [0, 0.1) is 11.7 Å². The van der Waals surface area contributed by atoms with Crippen LogP contribution in [0.25, 0.3) is 10.9 Å². The Morgan fingerprint density at radius 2 is 1.83 bits per heavy atom. The van der Waals surface area contributed by atoms with Crippen LogP contribution in [0.1, 0.15) is 37.7 Å². The summed E-state index contributed by atoms with van der Waals surface area (Å²) in [7, 11) is 3.99. The minimum absolute atomic E-state index is 0.147. The van der Waals surface area contributed by atoms with E-state index in [1.54, 1.807) is 24.1 Å². The number of amides is 1. The number of benzene rings is 2. The molecule has 1 aliphatic rings. The largest absolute Gasteiger partial charge is 0.352 e. The molecule has 0 bridgehead atoms. The van der Waals surface area contributed by atoms with Crippen LogP contribution in [0.4, 0.5) is 4.39 Å². The number of rotatable bonds is 5. The van der Waals surface area contributed by atoms with Crippen LogP contribution >= 0.6 is 11.9 Å². The van der Waals surface area contributed by atoms with E-state index in [2.05, 4.69) is 52.1 Å². The summed E-state index contributed by atoms with van der Waals surface area (Å²) in [5, 5.41) is 4.22. The Morgan fingerprint density at radius 3 is 2.53 bits per heavy atom. The van der Waals surface area contributed by atoms with E-state index in [4.69, 9.17) is 0 Å². The molecule has 30 heavy (non-hydrogen) atoms. The molecule has 2 aromatic carbocycles. The van der Waals surface area contributed by atoms with Crippen molar-refractivity contribution in [3.8, 4) is 0 Å². The van der Waals surface area contributed by atoms with Crippen LogP contribution in [0.5, 0.6) is 0 Å². The summed E-state index contributed by atoms with van der Waals surface area (Å²) in [6.45, 7) is 0.496. The third-order valence-electron chi connectivity index (χ3n) is 5.43. The molecular formula is C24H30FN3OS. The Morgan fingerprint density at radius 1 is 1.10 bits per heavy atom. The van der Waals surface area contributed by atoms with E-state index in [9.17, 15) is 9.18 Å². The van der Waals surface area contributed by atoms with Crippen LogP contribution < -0.4 is 10.0 Å². The highest BCUT2D eigenvalue weighted by molar-refractivity contribution is 7.97. The number of hydrogen-bond acceptors (Lipinski definition) is 3. The van der Waals surface area contributed by atoms with Crippen molar-refractivity contribution in [2.45, 2.75) is 43.5 Å². The molecular weight excluding hydrogens is 397 g/mol. The van der Waals surface area contributed by atoms with Crippen molar-refractivity contribution in [2.24, 2.45) is 13.0 Å². The molecule has 1 aromatic heterocycles. The van der Waals surface area contributed by atoms with Crippen LogP contribution in [-0.4, -0.2) is 17.5 Å². The third kappa shape index (κ3) is 6.34. The number of carbonyl (C=O) groups excluding carboxylic acids is 1. The van der Waals surface area contributed by atoms with E-state index >= 15 is 0 Å². The van der Waals surface area contributed by atoms with Gasteiger partial charge in [0.05, 0.1) is 0 Å². The first-order valence-corrected chi connectivity index (χ1v) is 11.3. The van der Waals surface area contributed by atoms with Gasteiger partial charge < -0.3 is 9.88 Å². The lowest BCUT2D eigenvalue weighted by molar-refractivity contribution is -0.126. The van der Waals surface area contributed by atoms with Gasteiger partial charge in [0.2, 0.25) is 5.91 Å². The molecule has 2 N–H and O–H groups in total. The number of nitrogens with one attached hydrogen (secondary N) is 2. The molecule has 4 rings (SSSR count). The molecule has 1 fully saturated rings. The predicted molar refractivity (Wildman–Crippen MR) is 123 cm³/mol. The lowest BCUT2D eigenvalue weighted by Crippen LogP contribution is -2.31. The quantitative estimate of drug-likeness (QED) is 0.534. The summed E-state index contributed by atoms with van der Waals surface area (Å²) in [5.74, 6) is 0.0885. The maximum absolute atomic E-state index is 12.7. The fraction of sp³-hybridized carbons (Fsp3) is 0.375. The molecule has 1 saturated carbocycles. The van der Waals surface area contributed by atoms with Gasteiger partial charge in [0, 0.05) is 41.5 Å². The van der Waals surface area contributed by atoms with Gasteiger partial charge in [-0.1, -0.05) is 31.4 Å². The highest BCUT2D eigenvalue weighted by Gasteiger charge is 2.20. The molecule has 3 aromatic rings. The van der Waals surface area contributed by atoms with Crippen LogP contribution in [0.15, 0.2) is 59.6 Å². The molecule has 0 spiro atoms. The van der Waals surface area contributed by atoms with Crippen molar-refractivity contribution < 1.29 is 9.18 Å². The maximum atomic E-state index is 12.7. The summed E-state index contributed by atoms with van der Waals surface area (Å²) in [6, 6.07) is 14.8. The number of fused-ring (bicyclic) bond motifs is 1. The van der Waals surface area contributed by atoms with Crippen molar-refractivity contribution in [3.63, 3.8) is 0 Å². The fourth-order valence-corrected chi connectivity index (χ4v) is 4.30. The topological polar surface area (TPSA) is 46.1 Å². The first-order valence-electron chi connectivity index (χ1n) is 10.5. The zero-order valence-corrected chi connectivity index (χ0v) is 18.5. The van der Waals surface area contributed by atoms with E-state index in [1.165, 1.54) is 34.4 Å². The van der Waals surface area contributed by atoms with E-state index < -0.39 is 0 Å². The van der Waals surface area contributed by atoms with Crippen molar-refractivity contribution in [1.82, 2.24) is 14.6 Å². The Hall–Kier alpha value is -2.31. The van der Waals surface area contributed by atoms with Gasteiger partial charge in [-0.05, 0) is 73.8 Å². The molecule has 160 valence electrons. The van der Waals surface area contributed by atoms with Crippen molar-refractivity contribution >= 4 is 28.8 Å². The lowest BCUT2D eigenvalue weighted by atomic mass is 9.88. The van der Waals surface area contributed by atoms with Gasteiger partial charge in [0.25, 0.3) is 0 Å². The second-order valence-electron chi connectivity index (χ2n) is 7.63. The summed E-state index contributed by atoms with van der Waals surface area (Å²) >= 11 is 1.64. The van der Waals surface area contributed by atoms with Crippen molar-refractivity contribution in [1.29, 1.82) is 0 Å². The Bertz CT molecular complexity index is 949. The molecule has 0 saturated heterocycles. The first-order chi connectivity index (χ1) is 14.6. The number of halogens is 1. The summed E-state index contributed by atoms with van der Waals surface area (Å²) in [5.41, 5.74) is 2.22. The number of carbonyl (C=O) groups is 1. The van der Waals surface area contributed by atoms with E-state index in [-0.39, 0.29) is 17.6 Å². The van der Waals surface area contributed by atoms with Gasteiger partial charge in [-0.2, -0.15) is 0 Å². The number of hydrogen-bond donors (Lipinski definition) is 2. The highest BCUT2D eigenvalue weighted by atomic mass is 32.2. The van der Waals surface area contributed by atoms with Crippen LogP contribution in [-0.2, 0) is 18.4 Å². The molecule has 1 heterocycles. The van der Waals surface area contributed by atoms with Gasteiger partial charge in [-0.25, -0.2) is 4.39 Å². The van der Waals surface area contributed by atoms with E-state index in [0.29, 0.717) is 6.54 Å². The summed E-state index contributed by atoms with van der Waals surface area (Å²) in [6.07, 6.45) is 7.67. The molecule has 1 aliphatic carbocycles. The zero-order valence-electron chi connectivity index (χ0n) is 17.7. The second-order valence-corrected chi connectivity index (χ2v) is 8.72. The normalized spacial score (nSPS) is 14.2. The lowest BCUT2D eigenvalue weighted by Gasteiger charge is -2.20. The summed E-state index contributed by atoms with van der Waals surface area (Å²) in [4.78, 5) is 13.1. The minimum Gasteiger partial charge on any atom is -0.352 e. The van der Waals surface area contributed by atoms with Gasteiger partial charge in [0.1, 0.15) is 5.82 Å². The Balaban J connectivity index is 0.000000177. The molecule has 0 aliphatic heterocycles. The maximum Gasteiger partial charge on any atom is 0.223 e. The summed E-state index contributed by atoms with van der Waals surface area (Å²) < 4.78 is 17.9. The molecule has 0 unspecified atom stereocenters. The molecule has 1 amide bonds. The second kappa shape index (κ2) is 11.2. The number of aryl methyl sites for hydroxylation is 1. The average molecular weight is 428 g/mol. The Labute approximate surface area is 182 Å². The third-order valence-corrected chi connectivity index (χ3v) is 6.13. The molecule has 0 atom stereocenters.